The van der Waals surface area contributed by atoms with Gasteiger partial charge in [0.05, 0.1) is 17.7 Å². The van der Waals surface area contributed by atoms with Crippen molar-refractivity contribution in [1.82, 2.24) is 4.98 Å². The maximum atomic E-state index is 9.16. The minimum atomic E-state index is -0.778. The molecule has 0 saturated carbocycles. The number of nitrogens with two attached hydrogens (primary N) is 1. The Bertz CT molecular complexity index is 373. The average molecular weight is 243 g/mol. The van der Waals surface area contributed by atoms with Crippen molar-refractivity contribution in [2.24, 2.45) is 10.9 Å². The third-order valence-corrected chi connectivity index (χ3v) is 2.84. The summed E-state index contributed by atoms with van der Waals surface area (Å²) in [5.74, 6) is 0.343. The molecule has 0 bridgehead atoms. The number of amidine groups is 1. The second-order valence-electron chi connectivity index (χ2n) is 3.02. The summed E-state index contributed by atoms with van der Waals surface area (Å²) in [6.45, 7) is -0.285. The minimum absolute atomic E-state index is 0.00644. The molecule has 0 aromatic carbocycles. The first-order valence-electron chi connectivity index (χ1n) is 4.53. The zero-order valence-electron chi connectivity index (χ0n) is 8.45. The molecule has 0 spiro atoms. The van der Waals surface area contributed by atoms with E-state index >= 15 is 0 Å². The van der Waals surface area contributed by atoms with Gasteiger partial charge in [-0.3, -0.25) is 0 Å². The van der Waals surface area contributed by atoms with Gasteiger partial charge in [0, 0.05) is 17.5 Å². The molecule has 1 unspecified atom stereocenters. The third-order valence-electron chi connectivity index (χ3n) is 1.77. The van der Waals surface area contributed by atoms with Crippen LogP contribution in [0, 0.1) is 0 Å². The standard InChI is InChI=1S/C9H13N3O3S/c10-9(12-15)6-1-2-11-8(3-6)16-5-7(14)4-13/h1-3,7,13-15H,4-5H2,(H2,10,12). The highest BCUT2D eigenvalue weighted by molar-refractivity contribution is 7.99. The fraction of sp³-hybridized carbons (Fsp3) is 0.333. The van der Waals surface area contributed by atoms with Gasteiger partial charge in [-0.25, -0.2) is 4.98 Å². The SMILES string of the molecule is NC(=NO)c1ccnc(SCC(O)CO)c1. The average Bonchev–Trinajstić information content (AvgIpc) is 2.35. The molecule has 6 nitrogen and oxygen atoms in total. The quantitative estimate of drug-likeness (QED) is 0.184. The highest BCUT2D eigenvalue weighted by atomic mass is 32.2. The molecular weight excluding hydrogens is 230 g/mol. The van der Waals surface area contributed by atoms with Gasteiger partial charge in [0.2, 0.25) is 0 Å². The number of aromatic nitrogens is 1. The summed E-state index contributed by atoms with van der Waals surface area (Å²) in [6, 6.07) is 3.26. The van der Waals surface area contributed by atoms with Crippen LogP contribution in [0.15, 0.2) is 28.5 Å². The fourth-order valence-corrected chi connectivity index (χ4v) is 1.75. The summed E-state index contributed by atoms with van der Waals surface area (Å²) in [7, 11) is 0. The van der Waals surface area contributed by atoms with Crippen molar-refractivity contribution in [1.29, 1.82) is 0 Å². The smallest absolute Gasteiger partial charge is 0.170 e. The molecule has 0 aliphatic carbocycles. The van der Waals surface area contributed by atoms with Crippen LogP contribution in [0.4, 0.5) is 0 Å². The summed E-state index contributed by atoms with van der Waals surface area (Å²) >= 11 is 1.28. The van der Waals surface area contributed by atoms with E-state index in [9.17, 15) is 0 Å². The second-order valence-corrected chi connectivity index (χ2v) is 4.06. The highest BCUT2D eigenvalue weighted by Gasteiger charge is 2.06. The van der Waals surface area contributed by atoms with Gasteiger partial charge in [-0.05, 0) is 12.1 Å². The molecule has 1 rings (SSSR count). The number of nitrogens with zero attached hydrogens (tertiary/aromatic N) is 2. The van der Waals surface area contributed by atoms with Crippen molar-refractivity contribution in [3.8, 4) is 0 Å². The second kappa shape index (κ2) is 6.31. The fourth-order valence-electron chi connectivity index (χ4n) is 0.940. The number of thioether (sulfide) groups is 1. The maximum Gasteiger partial charge on any atom is 0.170 e. The van der Waals surface area contributed by atoms with Gasteiger partial charge in [0.25, 0.3) is 0 Å². The maximum absolute atomic E-state index is 9.16. The summed E-state index contributed by atoms with van der Waals surface area (Å²) < 4.78 is 0. The van der Waals surface area contributed by atoms with Crippen LogP contribution in [0.2, 0.25) is 0 Å². The molecule has 5 N–H and O–H groups in total. The molecule has 1 aromatic heterocycles. The van der Waals surface area contributed by atoms with Crippen LogP contribution in [0.25, 0.3) is 0 Å². The van der Waals surface area contributed by atoms with E-state index in [0.29, 0.717) is 16.3 Å². The van der Waals surface area contributed by atoms with Crippen LogP contribution in [0.5, 0.6) is 0 Å². The topological polar surface area (TPSA) is 112 Å². The number of pyridine rings is 1. The largest absolute Gasteiger partial charge is 0.409 e. The van der Waals surface area contributed by atoms with Crippen molar-refractivity contribution in [2.45, 2.75) is 11.1 Å². The summed E-state index contributed by atoms with van der Waals surface area (Å²) in [5, 5.41) is 29.8. The third kappa shape index (κ3) is 3.69. The Morgan fingerprint density at radius 3 is 3.00 bits per heavy atom. The van der Waals surface area contributed by atoms with E-state index in [1.165, 1.54) is 18.0 Å². The van der Waals surface area contributed by atoms with E-state index in [-0.39, 0.29) is 12.4 Å². The van der Waals surface area contributed by atoms with Crippen molar-refractivity contribution in [3.63, 3.8) is 0 Å². The molecule has 1 atom stereocenters. The molecule has 88 valence electrons. The number of oxime groups is 1. The molecular formula is C9H13N3O3S. The van der Waals surface area contributed by atoms with Gasteiger partial charge in [-0.15, -0.1) is 11.8 Å². The summed E-state index contributed by atoms with van der Waals surface area (Å²) in [4.78, 5) is 4.04. The number of aliphatic hydroxyl groups is 2. The molecule has 0 aliphatic heterocycles. The first-order chi connectivity index (χ1) is 7.67. The Morgan fingerprint density at radius 2 is 2.38 bits per heavy atom. The van der Waals surface area contributed by atoms with Crippen molar-refractivity contribution in [3.05, 3.63) is 23.9 Å². The van der Waals surface area contributed by atoms with Crippen LogP contribution in [-0.4, -0.2) is 44.7 Å². The molecule has 0 aliphatic rings. The monoisotopic (exact) mass is 243 g/mol. The zero-order valence-corrected chi connectivity index (χ0v) is 9.26. The van der Waals surface area contributed by atoms with E-state index < -0.39 is 6.10 Å². The summed E-state index contributed by atoms with van der Waals surface area (Å²) in [5.41, 5.74) is 5.97. The molecule has 1 aromatic rings. The van der Waals surface area contributed by atoms with Crippen LogP contribution in [0.3, 0.4) is 0 Å². The lowest BCUT2D eigenvalue weighted by Gasteiger charge is -2.06. The van der Waals surface area contributed by atoms with Gasteiger partial charge in [0.1, 0.15) is 0 Å². The minimum Gasteiger partial charge on any atom is -0.409 e. The molecule has 0 saturated heterocycles. The first kappa shape index (κ1) is 12.8. The Balaban J connectivity index is 2.68. The Labute approximate surface area is 96.8 Å². The van der Waals surface area contributed by atoms with Crippen LogP contribution >= 0.6 is 11.8 Å². The zero-order chi connectivity index (χ0) is 12.0. The van der Waals surface area contributed by atoms with Crippen molar-refractivity contribution >= 4 is 17.6 Å². The normalized spacial score (nSPS) is 13.8. The van der Waals surface area contributed by atoms with Gasteiger partial charge in [-0.1, -0.05) is 5.16 Å². The van der Waals surface area contributed by atoms with E-state index in [2.05, 4.69) is 10.1 Å². The van der Waals surface area contributed by atoms with E-state index in [0.717, 1.165) is 0 Å². The van der Waals surface area contributed by atoms with Crippen LogP contribution < -0.4 is 5.73 Å². The predicted octanol–water partition coefficient (Wildman–Crippen LogP) is -0.379. The highest BCUT2D eigenvalue weighted by Crippen LogP contribution is 2.17. The Hall–Kier alpha value is -1.31. The molecule has 0 radical (unpaired) electrons. The predicted molar refractivity (Wildman–Crippen MR) is 60.6 cm³/mol. The Morgan fingerprint density at radius 1 is 1.62 bits per heavy atom. The Kier molecular flexibility index (Phi) is 5.03. The van der Waals surface area contributed by atoms with Gasteiger partial charge < -0.3 is 21.2 Å². The lowest BCUT2D eigenvalue weighted by atomic mass is 10.2. The van der Waals surface area contributed by atoms with Gasteiger partial charge in [-0.2, -0.15) is 0 Å². The van der Waals surface area contributed by atoms with Gasteiger partial charge >= 0.3 is 0 Å². The lowest BCUT2D eigenvalue weighted by molar-refractivity contribution is 0.113. The van der Waals surface area contributed by atoms with E-state index in [1.54, 1.807) is 12.1 Å². The number of hydrogen-bond acceptors (Lipinski definition) is 6. The van der Waals surface area contributed by atoms with Crippen molar-refractivity contribution in [2.75, 3.05) is 12.4 Å². The summed E-state index contributed by atoms with van der Waals surface area (Å²) in [6.07, 6.45) is 0.750. The van der Waals surface area contributed by atoms with Crippen molar-refractivity contribution < 1.29 is 15.4 Å². The molecule has 16 heavy (non-hydrogen) atoms. The van der Waals surface area contributed by atoms with Crippen LogP contribution in [-0.2, 0) is 0 Å². The number of hydrogen-bond donors (Lipinski definition) is 4. The number of aliphatic hydroxyl groups excluding tert-OH is 2. The number of rotatable bonds is 5. The van der Waals surface area contributed by atoms with E-state index in [1.807, 2.05) is 0 Å². The molecule has 1 heterocycles. The molecule has 0 amide bonds. The molecule has 0 fully saturated rings. The van der Waals surface area contributed by atoms with E-state index in [4.69, 9.17) is 21.2 Å². The lowest BCUT2D eigenvalue weighted by Crippen LogP contribution is -2.15. The van der Waals surface area contributed by atoms with Gasteiger partial charge in [0.15, 0.2) is 5.84 Å². The first-order valence-corrected chi connectivity index (χ1v) is 5.51. The van der Waals surface area contributed by atoms with Crippen LogP contribution in [0.1, 0.15) is 5.56 Å². The molecule has 7 heteroatoms.